The van der Waals surface area contributed by atoms with Crippen LogP contribution in [0.25, 0.3) is 11.1 Å². The fourth-order valence-electron chi connectivity index (χ4n) is 2.33. The van der Waals surface area contributed by atoms with Crippen molar-refractivity contribution < 1.29 is 0 Å². The molecule has 0 bridgehead atoms. The molecule has 0 N–H and O–H groups in total. The van der Waals surface area contributed by atoms with Gasteiger partial charge in [-0.2, -0.15) is 5.26 Å². The van der Waals surface area contributed by atoms with Crippen LogP contribution in [0.5, 0.6) is 0 Å². The Morgan fingerprint density at radius 2 is 1.90 bits per heavy atom. The van der Waals surface area contributed by atoms with Gasteiger partial charge in [-0.3, -0.25) is 0 Å². The predicted octanol–water partition coefficient (Wildman–Crippen LogP) is 5.56. The Balaban J connectivity index is 2.36. The lowest BCUT2D eigenvalue weighted by Gasteiger charge is -2.08. The molecule has 2 aromatic rings. The smallest absolute Gasteiger partial charge is 0.0991 e. The molecule has 2 aromatic carbocycles. The topological polar surface area (TPSA) is 23.8 Å². The second-order valence-corrected chi connectivity index (χ2v) is 6.13. The van der Waals surface area contributed by atoms with E-state index in [4.69, 9.17) is 0 Å². The molecule has 0 amide bonds. The predicted molar refractivity (Wildman–Crippen MR) is 92.5 cm³/mol. The van der Waals surface area contributed by atoms with Gasteiger partial charge in [0.1, 0.15) is 0 Å². The summed E-state index contributed by atoms with van der Waals surface area (Å²) in [6.45, 7) is 2.21. The Labute approximate surface area is 134 Å². The molecule has 0 unspecified atom stereocenters. The molecule has 0 saturated heterocycles. The van der Waals surface area contributed by atoms with Crippen molar-refractivity contribution in [1.29, 1.82) is 5.26 Å². The van der Waals surface area contributed by atoms with Crippen LogP contribution in [0.3, 0.4) is 0 Å². The number of benzene rings is 2. The zero-order chi connectivity index (χ0) is 14.4. The van der Waals surface area contributed by atoms with E-state index in [9.17, 15) is 5.26 Å². The average Bonchev–Trinajstić information content (AvgIpc) is 2.47. The molecule has 0 heterocycles. The lowest BCUT2D eigenvalue weighted by atomic mass is 9.97. The Morgan fingerprint density at radius 3 is 2.60 bits per heavy atom. The molecule has 0 aromatic heterocycles. The summed E-state index contributed by atoms with van der Waals surface area (Å²) in [5, 5.41) is 9.22. The zero-order valence-electron chi connectivity index (χ0n) is 11.7. The Kier molecular flexibility index (Phi) is 5.60. The first-order chi connectivity index (χ1) is 9.74. The molecule has 102 valence electrons. The molecule has 1 nitrogen and oxygen atoms in total. The van der Waals surface area contributed by atoms with E-state index in [0.29, 0.717) is 0 Å². The van der Waals surface area contributed by atoms with Crippen molar-refractivity contribution in [2.75, 3.05) is 0 Å². The molecule has 0 aliphatic rings. The third kappa shape index (κ3) is 3.83. The van der Waals surface area contributed by atoms with Crippen molar-refractivity contribution >= 4 is 22.6 Å². The number of nitriles is 1. The van der Waals surface area contributed by atoms with E-state index in [2.05, 4.69) is 53.8 Å². The largest absolute Gasteiger partial charge is 0.192 e. The number of aryl methyl sites for hydroxylation is 1. The van der Waals surface area contributed by atoms with Gasteiger partial charge in [0.05, 0.1) is 11.6 Å². The first kappa shape index (κ1) is 15.1. The summed E-state index contributed by atoms with van der Waals surface area (Å²) < 4.78 is 1.22. The van der Waals surface area contributed by atoms with Gasteiger partial charge in [0.25, 0.3) is 0 Å². The maximum absolute atomic E-state index is 9.22. The van der Waals surface area contributed by atoms with Crippen molar-refractivity contribution in [2.45, 2.75) is 32.6 Å². The van der Waals surface area contributed by atoms with Gasteiger partial charge >= 0.3 is 0 Å². The van der Waals surface area contributed by atoms with E-state index in [-0.39, 0.29) is 0 Å². The highest BCUT2D eigenvalue weighted by atomic mass is 127. The second-order valence-electron chi connectivity index (χ2n) is 4.97. The summed E-state index contributed by atoms with van der Waals surface area (Å²) in [6, 6.07) is 16.8. The fraction of sp³-hybridized carbons (Fsp3) is 0.278. The summed E-state index contributed by atoms with van der Waals surface area (Å²) in [4.78, 5) is 0. The lowest BCUT2D eigenvalue weighted by molar-refractivity contribution is 0.717. The van der Waals surface area contributed by atoms with E-state index in [1.165, 1.54) is 34.0 Å². The van der Waals surface area contributed by atoms with Crippen LogP contribution in [0.1, 0.15) is 37.3 Å². The first-order valence-corrected chi connectivity index (χ1v) is 8.11. The minimum atomic E-state index is 0.758. The van der Waals surface area contributed by atoms with Crippen LogP contribution in [0.2, 0.25) is 0 Å². The van der Waals surface area contributed by atoms with Gasteiger partial charge in [-0.25, -0.2) is 0 Å². The highest BCUT2D eigenvalue weighted by Gasteiger charge is 2.06. The van der Waals surface area contributed by atoms with Crippen molar-refractivity contribution in [3.05, 3.63) is 57.2 Å². The van der Waals surface area contributed by atoms with Crippen LogP contribution in [0.4, 0.5) is 0 Å². The third-order valence-corrected chi connectivity index (χ3v) is 4.32. The first-order valence-electron chi connectivity index (χ1n) is 7.03. The summed E-state index contributed by atoms with van der Waals surface area (Å²) >= 11 is 2.35. The van der Waals surface area contributed by atoms with Crippen LogP contribution in [0, 0.1) is 14.9 Å². The maximum Gasteiger partial charge on any atom is 0.0991 e. The molecule has 0 atom stereocenters. The van der Waals surface area contributed by atoms with E-state index >= 15 is 0 Å². The van der Waals surface area contributed by atoms with Gasteiger partial charge in [0, 0.05) is 3.57 Å². The molecule has 0 saturated carbocycles. The number of nitrogens with zero attached hydrogens (tertiary/aromatic N) is 1. The molecule has 0 aliphatic carbocycles. The van der Waals surface area contributed by atoms with Gasteiger partial charge in [-0.15, -0.1) is 0 Å². The Bertz CT molecular complexity index is 626. The number of rotatable bonds is 5. The van der Waals surface area contributed by atoms with E-state index < -0.39 is 0 Å². The zero-order valence-corrected chi connectivity index (χ0v) is 13.9. The van der Waals surface area contributed by atoms with Crippen LogP contribution >= 0.6 is 22.6 Å². The summed E-state index contributed by atoms with van der Waals surface area (Å²) in [7, 11) is 0. The third-order valence-electron chi connectivity index (χ3n) is 3.38. The quantitative estimate of drug-likeness (QED) is 0.496. The van der Waals surface area contributed by atoms with Gasteiger partial charge in [-0.1, -0.05) is 44.0 Å². The molecule has 0 spiro atoms. The van der Waals surface area contributed by atoms with Gasteiger partial charge < -0.3 is 0 Å². The highest BCUT2D eigenvalue weighted by Crippen LogP contribution is 2.27. The SMILES string of the molecule is CCCCCc1cc(C#N)cc(-c2ccccc2I)c1. The van der Waals surface area contributed by atoms with Gasteiger partial charge in [0.2, 0.25) is 0 Å². The summed E-state index contributed by atoms with van der Waals surface area (Å²) in [5.74, 6) is 0. The van der Waals surface area contributed by atoms with E-state index in [1.54, 1.807) is 0 Å². The summed E-state index contributed by atoms with van der Waals surface area (Å²) in [6.07, 6.45) is 4.72. The molecule has 2 rings (SSSR count). The highest BCUT2D eigenvalue weighted by molar-refractivity contribution is 14.1. The molecular weight excluding hydrogens is 357 g/mol. The maximum atomic E-state index is 9.22. The number of unbranched alkanes of at least 4 members (excludes halogenated alkanes) is 2. The van der Waals surface area contributed by atoms with Gasteiger partial charge in [-0.05, 0) is 70.3 Å². The van der Waals surface area contributed by atoms with Crippen LogP contribution < -0.4 is 0 Å². The Hall–Kier alpha value is -1.34. The molecule has 0 fully saturated rings. The molecule has 2 heteroatoms. The fourth-order valence-corrected chi connectivity index (χ4v) is 3.03. The summed E-state index contributed by atoms with van der Waals surface area (Å²) in [5.41, 5.74) is 4.39. The van der Waals surface area contributed by atoms with Crippen molar-refractivity contribution in [2.24, 2.45) is 0 Å². The lowest BCUT2D eigenvalue weighted by Crippen LogP contribution is -1.91. The molecule has 20 heavy (non-hydrogen) atoms. The monoisotopic (exact) mass is 375 g/mol. The molecule has 0 radical (unpaired) electrons. The number of halogens is 1. The van der Waals surface area contributed by atoms with Crippen LogP contribution in [-0.4, -0.2) is 0 Å². The van der Waals surface area contributed by atoms with Crippen molar-refractivity contribution in [3.8, 4) is 17.2 Å². The number of hydrogen-bond acceptors (Lipinski definition) is 1. The van der Waals surface area contributed by atoms with Crippen molar-refractivity contribution in [3.63, 3.8) is 0 Å². The molecular formula is C18H18IN. The number of hydrogen-bond donors (Lipinski definition) is 0. The minimum Gasteiger partial charge on any atom is -0.192 e. The van der Waals surface area contributed by atoms with Crippen molar-refractivity contribution in [1.82, 2.24) is 0 Å². The standard InChI is InChI=1S/C18H18IN/c1-2-3-4-7-14-10-15(13-20)12-16(11-14)17-8-5-6-9-18(17)19/h5-6,8-12H,2-4,7H2,1H3. The average molecular weight is 375 g/mol. The van der Waals surface area contributed by atoms with E-state index in [0.717, 1.165) is 17.5 Å². The van der Waals surface area contributed by atoms with Gasteiger partial charge in [0.15, 0.2) is 0 Å². The molecule has 0 aliphatic heterocycles. The second kappa shape index (κ2) is 7.44. The Morgan fingerprint density at radius 1 is 1.10 bits per heavy atom. The van der Waals surface area contributed by atoms with Crippen LogP contribution in [0.15, 0.2) is 42.5 Å². The minimum absolute atomic E-state index is 0.758. The van der Waals surface area contributed by atoms with E-state index in [1.807, 2.05) is 24.3 Å². The normalized spacial score (nSPS) is 10.2. The van der Waals surface area contributed by atoms with Crippen LogP contribution in [-0.2, 0) is 6.42 Å².